The quantitative estimate of drug-likeness (QED) is 0.516. The molecule has 0 aliphatic carbocycles. The van der Waals surface area contributed by atoms with E-state index in [1.165, 1.54) is 0 Å². The molecule has 0 bridgehead atoms. The van der Waals surface area contributed by atoms with E-state index in [-0.39, 0.29) is 11.8 Å². The largest absolute Gasteiger partial charge is 0.355 e. The average Bonchev–Trinajstić information content (AvgIpc) is 3.38. The van der Waals surface area contributed by atoms with E-state index in [0.717, 1.165) is 20.8 Å². The first-order valence-electron chi connectivity index (χ1n) is 9.04. The van der Waals surface area contributed by atoms with Crippen LogP contribution in [0.1, 0.15) is 30.2 Å². The first kappa shape index (κ1) is 18.2. The van der Waals surface area contributed by atoms with Gasteiger partial charge in [0.25, 0.3) is 0 Å². The Labute approximate surface area is 165 Å². The second-order valence-corrected chi connectivity index (χ2v) is 7.54. The van der Waals surface area contributed by atoms with Gasteiger partial charge in [-0.25, -0.2) is 4.98 Å². The van der Waals surface area contributed by atoms with Crippen LogP contribution in [0, 0.1) is 0 Å². The normalized spacial score (nSPS) is 12.2. The molecule has 0 aliphatic heterocycles. The van der Waals surface area contributed by atoms with Crippen LogP contribution in [0.3, 0.4) is 0 Å². The summed E-state index contributed by atoms with van der Waals surface area (Å²) in [5, 5.41) is 7.92. The number of nitrogens with zero attached hydrogens (tertiary/aromatic N) is 4. The lowest BCUT2D eigenvalue weighted by atomic mass is 10.2. The summed E-state index contributed by atoms with van der Waals surface area (Å²) in [7, 11) is 0. The number of rotatable bonds is 7. The van der Waals surface area contributed by atoms with Crippen molar-refractivity contribution in [1.29, 1.82) is 0 Å². The highest BCUT2D eigenvalue weighted by Crippen LogP contribution is 2.26. The monoisotopic (exact) mass is 393 g/mol. The molecule has 4 rings (SSSR count). The van der Waals surface area contributed by atoms with E-state index in [1.54, 1.807) is 23.7 Å². The van der Waals surface area contributed by atoms with Crippen molar-refractivity contribution in [2.45, 2.75) is 25.7 Å². The summed E-state index contributed by atoms with van der Waals surface area (Å²) in [6.45, 7) is 2.61. The first-order chi connectivity index (χ1) is 13.7. The summed E-state index contributed by atoms with van der Waals surface area (Å²) in [5.41, 5.74) is 1.79. The van der Waals surface area contributed by atoms with Crippen molar-refractivity contribution in [3.63, 3.8) is 0 Å². The minimum atomic E-state index is -0.0471. The van der Waals surface area contributed by atoms with Crippen LogP contribution in [-0.4, -0.2) is 32.6 Å². The number of fused-ring (bicyclic) bond motifs is 1. The van der Waals surface area contributed by atoms with E-state index in [4.69, 9.17) is 4.52 Å². The molecule has 0 saturated carbocycles. The lowest BCUT2D eigenvalue weighted by Crippen LogP contribution is -2.27. The molecule has 1 unspecified atom stereocenters. The minimum Gasteiger partial charge on any atom is -0.355 e. The average molecular weight is 393 g/mol. The van der Waals surface area contributed by atoms with Gasteiger partial charge in [-0.3, -0.25) is 9.78 Å². The lowest BCUT2D eigenvalue weighted by molar-refractivity contribution is -0.121. The van der Waals surface area contributed by atoms with Crippen molar-refractivity contribution in [2.75, 3.05) is 6.54 Å². The molecule has 8 heteroatoms. The molecule has 0 spiro atoms. The zero-order valence-corrected chi connectivity index (χ0v) is 16.1. The number of pyridine rings is 1. The van der Waals surface area contributed by atoms with Crippen molar-refractivity contribution in [1.82, 2.24) is 25.4 Å². The maximum Gasteiger partial charge on any atom is 0.227 e. The van der Waals surface area contributed by atoms with Crippen LogP contribution in [0.15, 0.2) is 53.3 Å². The predicted molar refractivity (Wildman–Crippen MR) is 107 cm³/mol. The van der Waals surface area contributed by atoms with Gasteiger partial charge in [-0.2, -0.15) is 4.98 Å². The number of para-hydroxylation sites is 1. The SMILES string of the molecule is CC(CNC(=O)CCc1nc(-c2cccnc2)no1)c1nc2ccccc2s1. The van der Waals surface area contributed by atoms with Crippen molar-refractivity contribution in [2.24, 2.45) is 0 Å². The molecule has 4 aromatic rings. The molecule has 3 heterocycles. The Morgan fingerprint density at radius 3 is 2.93 bits per heavy atom. The van der Waals surface area contributed by atoms with Gasteiger partial charge < -0.3 is 9.84 Å². The summed E-state index contributed by atoms with van der Waals surface area (Å²) >= 11 is 1.67. The van der Waals surface area contributed by atoms with Crippen molar-refractivity contribution < 1.29 is 9.32 Å². The third kappa shape index (κ3) is 4.23. The predicted octanol–water partition coefficient (Wildman–Crippen LogP) is 3.59. The van der Waals surface area contributed by atoms with Crippen molar-refractivity contribution in [3.8, 4) is 11.4 Å². The molecule has 0 saturated heterocycles. The summed E-state index contributed by atoms with van der Waals surface area (Å²) in [6, 6.07) is 11.7. The zero-order chi connectivity index (χ0) is 19.3. The van der Waals surface area contributed by atoms with E-state index in [2.05, 4.69) is 38.4 Å². The lowest BCUT2D eigenvalue weighted by Gasteiger charge is -2.09. The van der Waals surface area contributed by atoms with Gasteiger partial charge in [0, 0.05) is 43.3 Å². The fourth-order valence-corrected chi connectivity index (χ4v) is 3.75. The Morgan fingerprint density at radius 2 is 2.11 bits per heavy atom. The molecular formula is C20H19N5O2S. The number of hydrogen-bond acceptors (Lipinski definition) is 7. The number of carbonyl (C=O) groups is 1. The van der Waals surface area contributed by atoms with E-state index >= 15 is 0 Å². The molecule has 1 atom stereocenters. The number of thiazole rings is 1. The van der Waals surface area contributed by atoms with Gasteiger partial charge in [0.1, 0.15) is 0 Å². The van der Waals surface area contributed by atoms with Crippen LogP contribution in [0.4, 0.5) is 0 Å². The third-order valence-corrected chi connectivity index (χ3v) is 5.56. The molecule has 142 valence electrons. The Hall–Kier alpha value is -3.13. The molecule has 3 aromatic heterocycles. The maximum atomic E-state index is 12.2. The van der Waals surface area contributed by atoms with Gasteiger partial charge in [0.05, 0.1) is 15.2 Å². The number of amides is 1. The maximum absolute atomic E-state index is 12.2. The molecule has 0 aliphatic rings. The summed E-state index contributed by atoms with van der Waals surface area (Å²) in [4.78, 5) is 25.2. The van der Waals surface area contributed by atoms with E-state index in [9.17, 15) is 4.79 Å². The van der Waals surface area contributed by atoms with Crippen LogP contribution in [-0.2, 0) is 11.2 Å². The molecular weight excluding hydrogens is 374 g/mol. The van der Waals surface area contributed by atoms with Gasteiger partial charge in [-0.1, -0.05) is 24.2 Å². The van der Waals surface area contributed by atoms with Gasteiger partial charge in [0.2, 0.25) is 17.6 Å². The Balaban J connectivity index is 1.27. The molecule has 7 nitrogen and oxygen atoms in total. The van der Waals surface area contributed by atoms with Crippen LogP contribution in [0.25, 0.3) is 21.6 Å². The molecule has 0 radical (unpaired) electrons. The smallest absolute Gasteiger partial charge is 0.227 e. The van der Waals surface area contributed by atoms with Crippen LogP contribution in [0.2, 0.25) is 0 Å². The van der Waals surface area contributed by atoms with Gasteiger partial charge >= 0.3 is 0 Å². The van der Waals surface area contributed by atoms with Crippen molar-refractivity contribution in [3.05, 3.63) is 59.7 Å². The molecule has 1 aromatic carbocycles. The fourth-order valence-electron chi connectivity index (χ4n) is 2.73. The van der Waals surface area contributed by atoms with Crippen LogP contribution < -0.4 is 5.32 Å². The Morgan fingerprint density at radius 1 is 1.21 bits per heavy atom. The second-order valence-electron chi connectivity index (χ2n) is 6.48. The Kier molecular flexibility index (Phi) is 5.38. The van der Waals surface area contributed by atoms with E-state index in [0.29, 0.717) is 31.1 Å². The summed E-state index contributed by atoms with van der Waals surface area (Å²) in [6.07, 6.45) is 4.05. The van der Waals surface area contributed by atoms with Crippen LogP contribution >= 0.6 is 11.3 Å². The number of aromatic nitrogens is 4. The minimum absolute atomic E-state index is 0.0471. The Bertz CT molecular complexity index is 1040. The van der Waals surface area contributed by atoms with Gasteiger partial charge in [0.15, 0.2) is 0 Å². The number of carbonyl (C=O) groups excluding carboxylic acids is 1. The van der Waals surface area contributed by atoms with E-state index in [1.807, 2.05) is 30.3 Å². The highest BCUT2D eigenvalue weighted by molar-refractivity contribution is 7.18. The first-order valence-corrected chi connectivity index (χ1v) is 9.86. The highest BCUT2D eigenvalue weighted by atomic mass is 32.1. The fraction of sp³-hybridized carbons (Fsp3) is 0.250. The molecule has 0 fully saturated rings. The zero-order valence-electron chi connectivity index (χ0n) is 15.3. The number of nitrogens with one attached hydrogen (secondary N) is 1. The number of aryl methyl sites for hydroxylation is 1. The summed E-state index contributed by atoms with van der Waals surface area (Å²) < 4.78 is 6.38. The number of benzene rings is 1. The standard InChI is InChI=1S/C20H19N5O2S/c1-13(20-23-15-6-2-3-7-16(15)28-20)11-22-17(26)8-9-18-24-19(25-27-18)14-5-4-10-21-12-14/h2-7,10,12-13H,8-9,11H2,1H3,(H,22,26). The highest BCUT2D eigenvalue weighted by Gasteiger charge is 2.14. The van der Waals surface area contributed by atoms with Gasteiger partial charge in [-0.15, -0.1) is 11.3 Å². The van der Waals surface area contributed by atoms with E-state index < -0.39 is 0 Å². The third-order valence-electron chi connectivity index (χ3n) is 4.29. The topological polar surface area (TPSA) is 93.8 Å². The molecule has 1 amide bonds. The van der Waals surface area contributed by atoms with Gasteiger partial charge in [-0.05, 0) is 24.3 Å². The summed E-state index contributed by atoms with van der Waals surface area (Å²) in [5.74, 6) is 1.03. The van der Waals surface area contributed by atoms with Crippen LogP contribution in [0.5, 0.6) is 0 Å². The second kappa shape index (κ2) is 8.26. The van der Waals surface area contributed by atoms with Crippen molar-refractivity contribution >= 4 is 27.5 Å². The number of hydrogen-bond donors (Lipinski definition) is 1. The molecule has 28 heavy (non-hydrogen) atoms. The molecule has 1 N–H and O–H groups in total.